The Kier molecular flexibility index (Phi) is 7.20. The summed E-state index contributed by atoms with van der Waals surface area (Å²) in [6.45, 7) is 7.48. The maximum Gasteiger partial charge on any atom is 0.264 e. The van der Waals surface area contributed by atoms with Crippen LogP contribution in [0.15, 0.2) is 59.5 Å². The first-order valence-corrected chi connectivity index (χ1v) is 12.4. The fraction of sp³-hybridized carbons (Fsp3) is 0.292. The number of benzene rings is 2. The molecule has 0 spiro atoms. The molecule has 178 valence electrons. The van der Waals surface area contributed by atoms with E-state index in [1.54, 1.807) is 38.1 Å². The molecule has 0 saturated carbocycles. The van der Waals surface area contributed by atoms with E-state index in [4.69, 9.17) is 4.74 Å². The van der Waals surface area contributed by atoms with Crippen LogP contribution < -0.4 is 10.0 Å². The standard InChI is InChI=1S/C24H27N5O4S/c1-17-14-18(2)26-24(25-17)28-34(31,32)22-8-6-21(7-9-22)27-23(30)20-5-3-4-19(15-20)16-29-10-12-33-13-11-29/h3-9,14-15H,10-13,16H2,1-2H3,(H,27,30)(H,25,26,28). The van der Waals surface area contributed by atoms with Gasteiger partial charge in [0, 0.05) is 42.3 Å². The third-order valence-corrected chi connectivity index (χ3v) is 6.67. The predicted octanol–water partition coefficient (Wildman–Crippen LogP) is 2.98. The van der Waals surface area contributed by atoms with E-state index in [1.165, 1.54) is 12.1 Å². The van der Waals surface area contributed by atoms with Gasteiger partial charge in [-0.15, -0.1) is 0 Å². The smallest absolute Gasteiger partial charge is 0.264 e. The molecule has 0 unspecified atom stereocenters. The number of carbonyl (C=O) groups is 1. The summed E-state index contributed by atoms with van der Waals surface area (Å²) < 4.78 is 33.2. The lowest BCUT2D eigenvalue weighted by atomic mass is 10.1. The van der Waals surface area contributed by atoms with Gasteiger partial charge in [0.15, 0.2) is 0 Å². The summed E-state index contributed by atoms with van der Waals surface area (Å²) in [5.41, 5.74) is 3.41. The van der Waals surface area contributed by atoms with E-state index in [1.807, 2.05) is 18.2 Å². The molecule has 1 amide bonds. The molecule has 1 saturated heterocycles. The van der Waals surface area contributed by atoms with Gasteiger partial charge in [0.25, 0.3) is 15.9 Å². The van der Waals surface area contributed by atoms with Crippen molar-refractivity contribution in [2.24, 2.45) is 0 Å². The Balaban J connectivity index is 1.41. The van der Waals surface area contributed by atoms with E-state index in [0.717, 1.165) is 38.4 Å². The van der Waals surface area contributed by atoms with Crippen LogP contribution >= 0.6 is 0 Å². The Morgan fingerprint density at radius 1 is 1.00 bits per heavy atom. The number of sulfonamides is 1. The highest BCUT2D eigenvalue weighted by atomic mass is 32.2. The predicted molar refractivity (Wildman–Crippen MR) is 129 cm³/mol. The van der Waals surface area contributed by atoms with E-state index in [9.17, 15) is 13.2 Å². The molecular formula is C24H27N5O4S. The third kappa shape index (κ3) is 6.16. The maximum absolute atomic E-state index is 12.8. The molecule has 1 aromatic heterocycles. The molecular weight excluding hydrogens is 454 g/mol. The number of nitrogens with zero attached hydrogens (tertiary/aromatic N) is 3. The Morgan fingerprint density at radius 3 is 2.35 bits per heavy atom. The molecule has 34 heavy (non-hydrogen) atoms. The molecule has 10 heteroatoms. The van der Waals surface area contributed by atoms with Crippen LogP contribution in [0.1, 0.15) is 27.3 Å². The Labute approximate surface area is 199 Å². The van der Waals surface area contributed by atoms with Gasteiger partial charge in [-0.05, 0) is 61.9 Å². The Hall–Kier alpha value is -3.34. The molecule has 2 heterocycles. The van der Waals surface area contributed by atoms with Gasteiger partial charge in [-0.2, -0.15) is 0 Å². The highest BCUT2D eigenvalue weighted by molar-refractivity contribution is 7.92. The monoisotopic (exact) mass is 481 g/mol. The Morgan fingerprint density at radius 2 is 1.68 bits per heavy atom. The normalized spacial score (nSPS) is 14.5. The minimum Gasteiger partial charge on any atom is -0.379 e. The molecule has 2 aromatic carbocycles. The number of carbonyl (C=O) groups excluding carboxylic acids is 1. The highest BCUT2D eigenvalue weighted by Gasteiger charge is 2.17. The second-order valence-corrected chi connectivity index (χ2v) is 9.83. The fourth-order valence-electron chi connectivity index (χ4n) is 3.70. The number of anilines is 2. The SMILES string of the molecule is Cc1cc(C)nc(NS(=O)(=O)c2ccc(NC(=O)c3cccc(CN4CCOCC4)c3)cc2)n1. The molecule has 1 fully saturated rings. The van der Waals surface area contributed by atoms with Crippen molar-refractivity contribution in [2.45, 2.75) is 25.3 Å². The first-order chi connectivity index (χ1) is 16.3. The van der Waals surface area contributed by atoms with Crippen molar-refractivity contribution >= 4 is 27.6 Å². The molecule has 0 bridgehead atoms. The van der Waals surface area contributed by atoms with E-state index < -0.39 is 10.0 Å². The van der Waals surface area contributed by atoms with Gasteiger partial charge < -0.3 is 10.1 Å². The van der Waals surface area contributed by atoms with Crippen LogP contribution in [0, 0.1) is 13.8 Å². The van der Waals surface area contributed by atoms with Crippen molar-refractivity contribution in [3.8, 4) is 0 Å². The average molecular weight is 482 g/mol. The maximum atomic E-state index is 12.8. The van der Waals surface area contributed by atoms with Crippen molar-refractivity contribution in [1.82, 2.24) is 14.9 Å². The number of hydrogen-bond acceptors (Lipinski definition) is 7. The van der Waals surface area contributed by atoms with Crippen LogP contribution in [0.4, 0.5) is 11.6 Å². The largest absolute Gasteiger partial charge is 0.379 e. The van der Waals surface area contributed by atoms with Crippen LogP contribution in [-0.2, 0) is 21.3 Å². The molecule has 3 aromatic rings. The van der Waals surface area contributed by atoms with Crippen LogP contribution in [0.2, 0.25) is 0 Å². The topological polar surface area (TPSA) is 114 Å². The van der Waals surface area contributed by atoms with Crippen molar-refractivity contribution in [1.29, 1.82) is 0 Å². The first-order valence-electron chi connectivity index (χ1n) is 10.9. The summed E-state index contributed by atoms with van der Waals surface area (Å²) in [4.78, 5) is 23.3. The van der Waals surface area contributed by atoms with Crippen molar-refractivity contribution in [2.75, 3.05) is 36.3 Å². The summed E-state index contributed by atoms with van der Waals surface area (Å²) in [6, 6.07) is 15.2. The molecule has 0 aliphatic carbocycles. The molecule has 9 nitrogen and oxygen atoms in total. The number of aromatic nitrogens is 2. The fourth-order valence-corrected chi connectivity index (χ4v) is 4.64. The van der Waals surface area contributed by atoms with Gasteiger partial charge in [0.1, 0.15) is 0 Å². The second-order valence-electron chi connectivity index (χ2n) is 8.15. The van der Waals surface area contributed by atoms with Crippen LogP contribution in [0.3, 0.4) is 0 Å². The number of amides is 1. The second kappa shape index (κ2) is 10.3. The van der Waals surface area contributed by atoms with Crippen LogP contribution in [0.25, 0.3) is 0 Å². The highest BCUT2D eigenvalue weighted by Crippen LogP contribution is 2.18. The summed E-state index contributed by atoms with van der Waals surface area (Å²) >= 11 is 0. The lowest BCUT2D eigenvalue weighted by molar-refractivity contribution is 0.0342. The van der Waals surface area contributed by atoms with E-state index in [0.29, 0.717) is 22.6 Å². The summed E-state index contributed by atoms with van der Waals surface area (Å²) in [6.07, 6.45) is 0. The quantitative estimate of drug-likeness (QED) is 0.533. The zero-order valence-electron chi connectivity index (χ0n) is 19.1. The molecule has 4 rings (SSSR count). The van der Waals surface area contributed by atoms with Crippen molar-refractivity contribution in [3.05, 3.63) is 77.1 Å². The molecule has 1 aliphatic rings. The van der Waals surface area contributed by atoms with Gasteiger partial charge >= 0.3 is 0 Å². The lowest BCUT2D eigenvalue weighted by Gasteiger charge is -2.26. The number of aryl methyl sites for hydroxylation is 2. The minimum absolute atomic E-state index is 0.0202. The number of rotatable bonds is 7. The zero-order chi connectivity index (χ0) is 24.1. The Bertz CT molecular complexity index is 1250. The zero-order valence-corrected chi connectivity index (χ0v) is 19.9. The van der Waals surface area contributed by atoms with E-state index in [-0.39, 0.29) is 16.8 Å². The van der Waals surface area contributed by atoms with Gasteiger partial charge in [-0.1, -0.05) is 12.1 Å². The number of hydrogen-bond donors (Lipinski definition) is 2. The minimum atomic E-state index is -3.87. The average Bonchev–Trinajstić information content (AvgIpc) is 2.79. The summed E-state index contributed by atoms with van der Waals surface area (Å²) in [7, 11) is -3.87. The number of nitrogens with one attached hydrogen (secondary N) is 2. The van der Waals surface area contributed by atoms with Gasteiger partial charge in [-0.3, -0.25) is 9.69 Å². The van der Waals surface area contributed by atoms with Gasteiger partial charge in [0.2, 0.25) is 5.95 Å². The summed E-state index contributed by atoms with van der Waals surface area (Å²) in [5.74, 6) is -0.243. The van der Waals surface area contributed by atoms with Crippen LogP contribution in [0.5, 0.6) is 0 Å². The van der Waals surface area contributed by atoms with E-state index >= 15 is 0 Å². The van der Waals surface area contributed by atoms with Gasteiger partial charge in [0.05, 0.1) is 18.1 Å². The van der Waals surface area contributed by atoms with Gasteiger partial charge in [-0.25, -0.2) is 23.1 Å². The van der Waals surface area contributed by atoms with E-state index in [2.05, 4.69) is 24.9 Å². The first kappa shape index (κ1) is 23.8. The molecule has 0 radical (unpaired) electrons. The van der Waals surface area contributed by atoms with Crippen LogP contribution in [-0.4, -0.2) is 55.5 Å². The van der Waals surface area contributed by atoms with Crippen molar-refractivity contribution < 1.29 is 17.9 Å². The number of ether oxygens (including phenoxy) is 1. The molecule has 0 atom stereocenters. The molecule has 1 aliphatic heterocycles. The lowest BCUT2D eigenvalue weighted by Crippen LogP contribution is -2.35. The summed E-state index contributed by atoms with van der Waals surface area (Å²) in [5, 5.41) is 2.82. The van der Waals surface area contributed by atoms with Crippen molar-refractivity contribution in [3.63, 3.8) is 0 Å². The number of morpholine rings is 1. The molecule has 2 N–H and O–H groups in total. The third-order valence-electron chi connectivity index (χ3n) is 5.33.